The molecule has 2 rings (SSSR count). The van der Waals surface area contributed by atoms with Crippen LogP contribution in [0.3, 0.4) is 0 Å². The van der Waals surface area contributed by atoms with Gasteiger partial charge in [-0.3, -0.25) is 4.90 Å². The molecule has 82 valence electrons. The van der Waals surface area contributed by atoms with Crippen molar-refractivity contribution in [3.05, 3.63) is 35.4 Å². The molecule has 0 spiro atoms. The van der Waals surface area contributed by atoms with Gasteiger partial charge >= 0.3 is 0 Å². The van der Waals surface area contributed by atoms with E-state index >= 15 is 0 Å². The van der Waals surface area contributed by atoms with Crippen molar-refractivity contribution in [2.75, 3.05) is 26.3 Å². The van der Waals surface area contributed by atoms with Crippen LogP contribution in [0.15, 0.2) is 24.3 Å². The standard InChI is InChI=1S/C12H17NOS/c15-10-12-3-1-11(2-4-12)9-13-5-7-14-8-6-13/h1-4,15H,5-10H2. The average molecular weight is 223 g/mol. The van der Waals surface area contributed by atoms with Crippen molar-refractivity contribution < 1.29 is 4.74 Å². The second-order valence-electron chi connectivity index (χ2n) is 3.86. The third-order valence-corrected chi connectivity index (χ3v) is 3.08. The Labute approximate surface area is 96.6 Å². The van der Waals surface area contributed by atoms with E-state index in [-0.39, 0.29) is 0 Å². The monoisotopic (exact) mass is 223 g/mol. The summed E-state index contributed by atoms with van der Waals surface area (Å²) in [5.41, 5.74) is 2.66. The molecular weight excluding hydrogens is 206 g/mol. The van der Waals surface area contributed by atoms with E-state index in [9.17, 15) is 0 Å². The molecule has 0 radical (unpaired) electrons. The molecule has 0 N–H and O–H groups in total. The van der Waals surface area contributed by atoms with E-state index in [1.54, 1.807) is 0 Å². The average Bonchev–Trinajstić information content (AvgIpc) is 2.31. The minimum Gasteiger partial charge on any atom is -0.379 e. The maximum atomic E-state index is 5.32. The number of morpholine rings is 1. The molecule has 1 aliphatic rings. The molecule has 1 heterocycles. The minimum absolute atomic E-state index is 0.817. The highest BCUT2D eigenvalue weighted by Gasteiger charge is 2.10. The quantitative estimate of drug-likeness (QED) is 0.786. The Morgan fingerprint density at radius 3 is 2.27 bits per heavy atom. The molecule has 0 saturated carbocycles. The summed E-state index contributed by atoms with van der Waals surface area (Å²) in [6, 6.07) is 8.70. The van der Waals surface area contributed by atoms with Gasteiger partial charge in [-0.2, -0.15) is 12.6 Å². The van der Waals surface area contributed by atoms with E-state index in [4.69, 9.17) is 4.74 Å². The highest BCUT2D eigenvalue weighted by Crippen LogP contribution is 2.10. The molecule has 1 aliphatic heterocycles. The van der Waals surface area contributed by atoms with Crippen molar-refractivity contribution in [2.45, 2.75) is 12.3 Å². The number of nitrogens with zero attached hydrogens (tertiary/aromatic N) is 1. The molecule has 1 aromatic carbocycles. The van der Waals surface area contributed by atoms with Gasteiger partial charge in [0.25, 0.3) is 0 Å². The lowest BCUT2D eigenvalue weighted by atomic mass is 10.1. The van der Waals surface area contributed by atoms with Crippen LogP contribution in [0.4, 0.5) is 0 Å². The maximum absolute atomic E-state index is 5.32. The first-order chi connectivity index (χ1) is 7.38. The van der Waals surface area contributed by atoms with Gasteiger partial charge in [0.05, 0.1) is 13.2 Å². The van der Waals surface area contributed by atoms with E-state index in [1.165, 1.54) is 11.1 Å². The smallest absolute Gasteiger partial charge is 0.0594 e. The molecule has 0 unspecified atom stereocenters. The van der Waals surface area contributed by atoms with Crippen LogP contribution in [0, 0.1) is 0 Å². The van der Waals surface area contributed by atoms with E-state index in [0.29, 0.717) is 0 Å². The Kier molecular flexibility index (Phi) is 4.06. The third kappa shape index (κ3) is 3.23. The minimum atomic E-state index is 0.817. The molecule has 15 heavy (non-hydrogen) atoms. The van der Waals surface area contributed by atoms with Crippen LogP contribution in [0.2, 0.25) is 0 Å². The van der Waals surface area contributed by atoms with Gasteiger partial charge in [0.1, 0.15) is 0 Å². The fourth-order valence-electron chi connectivity index (χ4n) is 1.77. The number of hydrogen-bond acceptors (Lipinski definition) is 3. The summed E-state index contributed by atoms with van der Waals surface area (Å²) in [6.07, 6.45) is 0. The Hall–Kier alpha value is -0.510. The van der Waals surface area contributed by atoms with E-state index in [1.807, 2.05) is 0 Å². The first-order valence-corrected chi connectivity index (χ1v) is 6.00. The Morgan fingerprint density at radius 1 is 1.07 bits per heavy atom. The van der Waals surface area contributed by atoms with Crippen LogP contribution in [0.1, 0.15) is 11.1 Å². The molecule has 0 bridgehead atoms. The van der Waals surface area contributed by atoms with Crippen LogP contribution in [-0.2, 0) is 17.0 Å². The number of benzene rings is 1. The fourth-order valence-corrected chi connectivity index (χ4v) is 1.98. The van der Waals surface area contributed by atoms with Crippen molar-refractivity contribution in [2.24, 2.45) is 0 Å². The number of thiol groups is 1. The van der Waals surface area contributed by atoms with Crippen LogP contribution in [0.5, 0.6) is 0 Å². The van der Waals surface area contributed by atoms with Crippen molar-refractivity contribution in [1.29, 1.82) is 0 Å². The van der Waals surface area contributed by atoms with E-state index in [2.05, 4.69) is 41.8 Å². The lowest BCUT2D eigenvalue weighted by Crippen LogP contribution is -2.35. The summed E-state index contributed by atoms with van der Waals surface area (Å²) in [6.45, 7) is 4.88. The first kappa shape index (κ1) is 11.0. The summed E-state index contributed by atoms with van der Waals surface area (Å²) < 4.78 is 5.32. The van der Waals surface area contributed by atoms with Gasteiger partial charge in [-0.05, 0) is 11.1 Å². The maximum Gasteiger partial charge on any atom is 0.0594 e. The van der Waals surface area contributed by atoms with Gasteiger partial charge in [0.2, 0.25) is 0 Å². The number of ether oxygens (including phenoxy) is 1. The number of rotatable bonds is 3. The van der Waals surface area contributed by atoms with Crippen molar-refractivity contribution >= 4 is 12.6 Å². The second-order valence-corrected chi connectivity index (χ2v) is 4.18. The normalized spacial score (nSPS) is 17.9. The van der Waals surface area contributed by atoms with Gasteiger partial charge in [-0.25, -0.2) is 0 Å². The van der Waals surface area contributed by atoms with E-state index in [0.717, 1.165) is 38.6 Å². The topological polar surface area (TPSA) is 12.5 Å². The zero-order chi connectivity index (χ0) is 10.5. The Morgan fingerprint density at radius 2 is 1.67 bits per heavy atom. The Bertz CT molecular complexity index is 293. The molecule has 1 fully saturated rings. The van der Waals surface area contributed by atoms with Crippen LogP contribution < -0.4 is 0 Å². The lowest BCUT2D eigenvalue weighted by molar-refractivity contribution is 0.0342. The molecule has 0 amide bonds. The zero-order valence-corrected chi connectivity index (χ0v) is 9.75. The molecule has 3 heteroatoms. The molecule has 0 atom stereocenters. The van der Waals surface area contributed by atoms with Crippen LogP contribution in [-0.4, -0.2) is 31.2 Å². The molecule has 0 aromatic heterocycles. The van der Waals surface area contributed by atoms with Gasteiger partial charge in [0, 0.05) is 25.4 Å². The number of hydrogen-bond donors (Lipinski definition) is 1. The predicted molar refractivity (Wildman–Crippen MR) is 65.2 cm³/mol. The summed E-state index contributed by atoms with van der Waals surface area (Å²) in [5.74, 6) is 0.817. The Balaban J connectivity index is 1.91. The van der Waals surface area contributed by atoms with Crippen molar-refractivity contribution in [3.8, 4) is 0 Å². The lowest BCUT2D eigenvalue weighted by Gasteiger charge is -2.26. The first-order valence-electron chi connectivity index (χ1n) is 5.37. The summed E-state index contributed by atoms with van der Waals surface area (Å²) in [5, 5.41) is 0. The predicted octanol–water partition coefficient (Wildman–Crippen LogP) is 1.95. The summed E-state index contributed by atoms with van der Waals surface area (Å²) >= 11 is 4.25. The van der Waals surface area contributed by atoms with Gasteiger partial charge < -0.3 is 4.74 Å². The zero-order valence-electron chi connectivity index (χ0n) is 8.85. The van der Waals surface area contributed by atoms with Gasteiger partial charge in [-0.1, -0.05) is 24.3 Å². The summed E-state index contributed by atoms with van der Waals surface area (Å²) in [7, 11) is 0. The highest BCUT2D eigenvalue weighted by molar-refractivity contribution is 7.79. The third-order valence-electron chi connectivity index (χ3n) is 2.72. The van der Waals surface area contributed by atoms with Crippen LogP contribution in [0.25, 0.3) is 0 Å². The molecule has 0 aliphatic carbocycles. The van der Waals surface area contributed by atoms with Crippen molar-refractivity contribution in [1.82, 2.24) is 4.90 Å². The molecule has 2 nitrogen and oxygen atoms in total. The summed E-state index contributed by atoms with van der Waals surface area (Å²) in [4.78, 5) is 2.43. The molecular formula is C12H17NOS. The largest absolute Gasteiger partial charge is 0.379 e. The SMILES string of the molecule is SCc1ccc(CN2CCOCC2)cc1. The van der Waals surface area contributed by atoms with Gasteiger partial charge in [0.15, 0.2) is 0 Å². The van der Waals surface area contributed by atoms with E-state index < -0.39 is 0 Å². The second kappa shape index (κ2) is 5.54. The fraction of sp³-hybridized carbons (Fsp3) is 0.500. The molecule has 1 saturated heterocycles. The van der Waals surface area contributed by atoms with Crippen LogP contribution >= 0.6 is 12.6 Å². The highest BCUT2D eigenvalue weighted by atomic mass is 32.1. The molecule has 1 aromatic rings. The van der Waals surface area contributed by atoms with Crippen molar-refractivity contribution in [3.63, 3.8) is 0 Å². The van der Waals surface area contributed by atoms with Gasteiger partial charge in [-0.15, -0.1) is 0 Å².